The highest BCUT2D eigenvalue weighted by Gasteiger charge is 2.21. The van der Waals surface area contributed by atoms with Gasteiger partial charge in [-0.15, -0.1) is 11.6 Å². The number of pyridine rings is 1. The maximum Gasteiger partial charge on any atom is 0.160 e. The molecule has 4 heteroatoms. The SMILES string of the molecule is Cc1ccc2nc(CCl)n(CC3CCCC(C)C3)c2n1. The summed E-state index contributed by atoms with van der Waals surface area (Å²) in [7, 11) is 0. The number of aromatic nitrogens is 3. The number of rotatable bonds is 3. The molecule has 1 saturated carbocycles. The predicted octanol–water partition coefficient (Wildman–Crippen LogP) is 4.30. The lowest BCUT2D eigenvalue weighted by molar-refractivity contribution is 0.257. The van der Waals surface area contributed by atoms with Crippen molar-refractivity contribution in [2.45, 2.75) is 52.0 Å². The highest BCUT2D eigenvalue weighted by atomic mass is 35.5. The fraction of sp³-hybridized carbons (Fsp3) is 0.625. The van der Waals surface area contributed by atoms with Crippen molar-refractivity contribution in [3.63, 3.8) is 0 Å². The van der Waals surface area contributed by atoms with Crippen LogP contribution in [-0.4, -0.2) is 14.5 Å². The Balaban J connectivity index is 1.94. The Hall–Kier alpha value is -1.09. The molecule has 1 aliphatic carbocycles. The van der Waals surface area contributed by atoms with E-state index in [-0.39, 0.29) is 0 Å². The minimum atomic E-state index is 0.456. The van der Waals surface area contributed by atoms with Crippen molar-refractivity contribution in [1.82, 2.24) is 14.5 Å². The zero-order chi connectivity index (χ0) is 14.1. The second-order valence-electron chi connectivity index (χ2n) is 6.21. The fourth-order valence-electron chi connectivity index (χ4n) is 3.42. The monoisotopic (exact) mass is 291 g/mol. The average Bonchev–Trinajstić information content (AvgIpc) is 2.76. The second-order valence-corrected chi connectivity index (χ2v) is 6.47. The molecule has 2 unspecified atom stereocenters. The molecule has 1 fully saturated rings. The van der Waals surface area contributed by atoms with E-state index in [2.05, 4.69) is 21.5 Å². The summed E-state index contributed by atoms with van der Waals surface area (Å²) >= 11 is 6.08. The summed E-state index contributed by atoms with van der Waals surface area (Å²) in [5, 5.41) is 0. The van der Waals surface area contributed by atoms with Gasteiger partial charge in [-0.2, -0.15) is 0 Å². The number of halogens is 1. The molecule has 3 rings (SSSR count). The van der Waals surface area contributed by atoms with Gasteiger partial charge in [0.2, 0.25) is 0 Å². The van der Waals surface area contributed by atoms with E-state index in [1.807, 2.05) is 19.1 Å². The lowest BCUT2D eigenvalue weighted by atomic mass is 9.82. The molecule has 0 N–H and O–H groups in total. The molecule has 0 amide bonds. The van der Waals surface area contributed by atoms with Gasteiger partial charge < -0.3 is 4.57 Å². The van der Waals surface area contributed by atoms with Crippen LogP contribution in [0, 0.1) is 18.8 Å². The van der Waals surface area contributed by atoms with Crippen LogP contribution in [0.25, 0.3) is 11.2 Å². The molecule has 0 spiro atoms. The van der Waals surface area contributed by atoms with Crippen molar-refractivity contribution in [3.8, 4) is 0 Å². The number of hydrogen-bond acceptors (Lipinski definition) is 2. The average molecular weight is 292 g/mol. The number of fused-ring (bicyclic) bond motifs is 1. The van der Waals surface area contributed by atoms with E-state index in [0.29, 0.717) is 5.88 Å². The van der Waals surface area contributed by atoms with Crippen LogP contribution in [0.4, 0.5) is 0 Å². The number of alkyl halides is 1. The third-order valence-corrected chi connectivity index (χ3v) is 4.65. The van der Waals surface area contributed by atoms with E-state index in [1.165, 1.54) is 25.7 Å². The van der Waals surface area contributed by atoms with E-state index in [9.17, 15) is 0 Å². The Kier molecular flexibility index (Phi) is 3.97. The molecular weight excluding hydrogens is 270 g/mol. The first-order valence-electron chi connectivity index (χ1n) is 7.56. The molecule has 2 heterocycles. The maximum atomic E-state index is 6.08. The van der Waals surface area contributed by atoms with Gasteiger partial charge in [-0.3, -0.25) is 0 Å². The zero-order valence-electron chi connectivity index (χ0n) is 12.3. The smallest absolute Gasteiger partial charge is 0.160 e. The summed E-state index contributed by atoms with van der Waals surface area (Å²) in [5.41, 5.74) is 3.01. The van der Waals surface area contributed by atoms with Crippen molar-refractivity contribution >= 4 is 22.8 Å². The number of aryl methyl sites for hydroxylation is 1. The molecular formula is C16H22ClN3. The summed E-state index contributed by atoms with van der Waals surface area (Å²) < 4.78 is 2.25. The Bertz CT molecular complexity index is 605. The van der Waals surface area contributed by atoms with E-state index < -0.39 is 0 Å². The summed E-state index contributed by atoms with van der Waals surface area (Å²) in [4.78, 5) is 9.30. The third kappa shape index (κ3) is 2.69. The quantitative estimate of drug-likeness (QED) is 0.789. The first-order chi connectivity index (χ1) is 9.67. The van der Waals surface area contributed by atoms with Crippen LogP contribution in [0.2, 0.25) is 0 Å². The van der Waals surface area contributed by atoms with Crippen LogP contribution < -0.4 is 0 Å². The van der Waals surface area contributed by atoms with Crippen LogP contribution in [0.3, 0.4) is 0 Å². The van der Waals surface area contributed by atoms with Gasteiger partial charge in [-0.05, 0) is 43.7 Å². The molecule has 108 valence electrons. The standard InChI is InChI=1S/C16H22ClN3/c1-11-4-3-5-13(8-11)10-20-15(9-17)19-14-7-6-12(2)18-16(14)20/h6-7,11,13H,3-5,8-10H2,1-2H3. The van der Waals surface area contributed by atoms with Crippen LogP contribution in [0.1, 0.15) is 44.1 Å². The largest absolute Gasteiger partial charge is 0.311 e. The maximum absolute atomic E-state index is 6.08. The molecule has 2 aromatic rings. The number of nitrogens with zero attached hydrogens (tertiary/aromatic N) is 3. The summed E-state index contributed by atoms with van der Waals surface area (Å²) in [6, 6.07) is 4.06. The molecule has 20 heavy (non-hydrogen) atoms. The van der Waals surface area contributed by atoms with Gasteiger partial charge in [0.25, 0.3) is 0 Å². The van der Waals surface area contributed by atoms with Gasteiger partial charge in [0.05, 0.1) is 5.88 Å². The zero-order valence-corrected chi connectivity index (χ0v) is 13.0. The lowest BCUT2D eigenvalue weighted by Crippen LogP contribution is -2.19. The topological polar surface area (TPSA) is 30.7 Å². The summed E-state index contributed by atoms with van der Waals surface area (Å²) in [6.07, 6.45) is 5.35. The molecule has 1 aliphatic rings. The first kappa shape index (κ1) is 13.9. The van der Waals surface area contributed by atoms with E-state index >= 15 is 0 Å². The van der Waals surface area contributed by atoms with Crippen LogP contribution in [0.5, 0.6) is 0 Å². The predicted molar refractivity (Wildman–Crippen MR) is 82.9 cm³/mol. The van der Waals surface area contributed by atoms with Crippen LogP contribution >= 0.6 is 11.6 Å². The number of imidazole rings is 1. The molecule has 0 saturated heterocycles. The Morgan fingerprint density at radius 2 is 2.15 bits per heavy atom. The third-order valence-electron chi connectivity index (χ3n) is 4.42. The highest BCUT2D eigenvalue weighted by Crippen LogP contribution is 2.31. The van der Waals surface area contributed by atoms with E-state index in [4.69, 9.17) is 11.6 Å². The van der Waals surface area contributed by atoms with E-state index in [1.54, 1.807) is 0 Å². The molecule has 0 bridgehead atoms. The molecule has 2 aromatic heterocycles. The van der Waals surface area contributed by atoms with Crippen molar-refractivity contribution in [3.05, 3.63) is 23.7 Å². The molecule has 0 aromatic carbocycles. The van der Waals surface area contributed by atoms with E-state index in [0.717, 1.165) is 41.1 Å². The molecule has 2 atom stereocenters. The van der Waals surface area contributed by atoms with Gasteiger partial charge in [-0.1, -0.05) is 19.8 Å². The Morgan fingerprint density at radius 3 is 2.90 bits per heavy atom. The number of hydrogen-bond donors (Lipinski definition) is 0. The van der Waals surface area contributed by atoms with Gasteiger partial charge in [0.1, 0.15) is 11.3 Å². The minimum absolute atomic E-state index is 0.456. The highest BCUT2D eigenvalue weighted by molar-refractivity contribution is 6.16. The van der Waals surface area contributed by atoms with Crippen molar-refractivity contribution < 1.29 is 0 Å². The van der Waals surface area contributed by atoms with Gasteiger partial charge in [0.15, 0.2) is 5.65 Å². The normalized spacial score (nSPS) is 23.4. The second kappa shape index (κ2) is 5.72. The van der Waals surface area contributed by atoms with Gasteiger partial charge in [-0.25, -0.2) is 9.97 Å². The van der Waals surface area contributed by atoms with Crippen LogP contribution in [-0.2, 0) is 12.4 Å². The van der Waals surface area contributed by atoms with Gasteiger partial charge >= 0.3 is 0 Å². The van der Waals surface area contributed by atoms with Crippen LogP contribution in [0.15, 0.2) is 12.1 Å². The summed E-state index contributed by atoms with van der Waals surface area (Å²) in [5.74, 6) is 2.99. The first-order valence-corrected chi connectivity index (χ1v) is 8.09. The fourth-order valence-corrected chi connectivity index (χ4v) is 3.62. The van der Waals surface area contributed by atoms with Crippen molar-refractivity contribution in [2.75, 3.05) is 0 Å². The summed E-state index contributed by atoms with van der Waals surface area (Å²) in [6.45, 7) is 5.40. The van der Waals surface area contributed by atoms with Crippen molar-refractivity contribution in [1.29, 1.82) is 0 Å². The Labute approximate surface area is 125 Å². The van der Waals surface area contributed by atoms with Gasteiger partial charge in [0, 0.05) is 12.2 Å². The van der Waals surface area contributed by atoms with Crippen molar-refractivity contribution in [2.24, 2.45) is 11.8 Å². The molecule has 3 nitrogen and oxygen atoms in total. The minimum Gasteiger partial charge on any atom is -0.311 e. The Morgan fingerprint density at radius 1 is 1.30 bits per heavy atom. The lowest BCUT2D eigenvalue weighted by Gasteiger charge is -2.27. The molecule has 0 radical (unpaired) electrons. The molecule has 0 aliphatic heterocycles.